The van der Waals surface area contributed by atoms with Crippen molar-refractivity contribution in [2.75, 3.05) is 0 Å². The lowest BCUT2D eigenvalue weighted by Gasteiger charge is -2.21. The zero-order chi connectivity index (χ0) is 10.0. The second-order valence-electron chi connectivity index (χ2n) is 3.43. The van der Waals surface area contributed by atoms with Crippen LogP contribution in [-0.4, -0.2) is 0 Å². The van der Waals surface area contributed by atoms with Gasteiger partial charge in [0.2, 0.25) is 0 Å². The predicted octanol–water partition coefficient (Wildman–Crippen LogP) is 3.07. The summed E-state index contributed by atoms with van der Waals surface area (Å²) in [6.45, 7) is 10.0. The molecule has 0 aliphatic heterocycles. The first kappa shape index (κ1) is 9.85. The fourth-order valence-electron chi connectivity index (χ4n) is 1.72. The Balaban J connectivity index is 3.29. The maximum atomic E-state index is 5.95. The first-order chi connectivity index (χ1) is 6.11. The molecule has 70 valence electrons. The van der Waals surface area contributed by atoms with Crippen molar-refractivity contribution in [1.29, 1.82) is 0 Å². The number of allylic oxidation sites excluding steroid dienone is 6. The maximum absolute atomic E-state index is 5.95. The monoisotopic (exact) mass is 175 g/mol. The van der Waals surface area contributed by atoms with Crippen molar-refractivity contribution in [2.24, 2.45) is 5.73 Å². The van der Waals surface area contributed by atoms with Crippen LogP contribution in [0, 0.1) is 0 Å². The minimum atomic E-state index is 0.931. The smallest absolute Gasteiger partial charge is 0.0342 e. The molecule has 13 heavy (non-hydrogen) atoms. The van der Waals surface area contributed by atoms with Gasteiger partial charge in [0.1, 0.15) is 0 Å². The van der Waals surface area contributed by atoms with E-state index in [4.69, 9.17) is 5.73 Å². The Labute approximate surface area is 80.3 Å². The van der Waals surface area contributed by atoms with Gasteiger partial charge in [-0.25, -0.2) is 0 Å². The van der Waals surface area contributed by atoms with Gasteiger partial charge in [0, 0.05) is 5.70 Å². The second-order valence-corrected chi connectivity index (χ2v) is 3.43. The van der Waals surface area contributed by atoms with E-state index in [2.05, 4.69) is 33.4 Å². The Hall–Kier alpha value is -1.24. The molecule has 0 saturated carbocycles. The second kappa shape index (κ2) is 3.65. The summed E-state index contributed by atoms with van der Waals surface area (Å²) in [7, 11) is 0. The Morgan fingerprint density at radius 1 is 1.38 bits per heavy atom. The fourth-order valence-corrected chi connectivity index (χ4v) is 1.72. The van der Waals surface area contributed by atoms with E-state index in [1.165, 1.54) is 16.7 Å². The van der Waals surface area contributed by atoms with Crippen LogP contribution in [0.25, 0.3) is 0 Å². The highest BCUT2D eigenvalue weighted by molar-refractivity contribution is 5.54. The molecule has 1 aliphatic carbocycles. The van der Waals surface area contributed by atoms with Crippen LogP contribution < -0.4 is 5.73 Å². The number of nitrogens with two attached hydrogens (primary N) is 1. The average Bonchev–Trinajstić information content (AvgIpc) is 2.13. The normalized spacial score (nSPS) is 21.3. The molecule has 0 aromatic heterocycles. The number of hydrogen-bond donors (Lipinski definition) is 1. The standard InChI is InChI=1S/C12H17N/c1-5-10-7-8(3)12(13)9(4)11(10)6-2/h5-6H,2,7,13H2,1,3-4H3/b10-5-. The van der Waals surface area contributed by atoms with E-state index in [1.54, 1.807) is 0 Å². The van der Waals surface area contributed by atoms with Crippen molar-refractivity contribution in [1.82, 2.24) is 0 Å². The topological polar surface area (TPSA) is 26.0 Å². The van der Waals surface area contributed by atoms with Crippen LogP contribution in [0.4, 0.5) is 0 Å². The maximum Gasteiger partial charge on any atom is 0.0342 e. The van der Waals surface area contributed by atoms with Crippen molar-refractivity contribution >= 4 is 0 Å². The average molecular weight is 175 g/mol. The third-order valence-electron chi connectivity index (χ3n) is 2.62. The molecule has 0 aromatic carbocycles. The lowest BCUT2D eigenvalue weighted by Crippen LogP contribution is -2.11. The van der Waals surface area contributed by atoms with E-state index >= 15 is 0 Å². The van der Waals surface area contributed by atoms with Crippen LogP contribution in [0.1, 0.15) is 27.2 Å². The summed E-state index contributed by atoms with van der Waals surface area (Å²) in [6, 6.07) is 0. The largest absolute Gasteiger partial charge is 0.399 e. The van der Waals surface area contributed by atoms with Crippen LogP contribution >= 0.6 is 0 Å². The first-order valence-corrected chi connectivity index (χ1v) is 4.56. The minimum absolute atomic E-state index is 0.931. The predicted molar refractivity (Wildman–Crippen MR) is 58.2 cm³/mol. The van der Waals surface area contributed by atoms with Crippen LogP contribution in [0.5, 0.6) is 0 Å². The minimum Gasteiger partial charge on any atom is -0.399 e. The van der Waals surface area contributed by atoms with Gasteiger partial charge in [0.15, 0.2) is 0 Å². The summed E-state index contributed by atoms with van der Waals surface area (Å²) in [4.78, 5) is 0. The highest BCUT2D eigenvalue weighted by atomic mass is 14.6. The fraction of sp³-hybridized carbons (Fsp3) is 0.333. The molecule has 1 aliphatic rings. The van der Waals surface area contributed by atoms with Crippen molar-refractivity contribution in [2.45, 2.75) is 27.2 Å². The first-order valence-electron chi connectivity index (χ1n) is 4.56. The molecule has 0 fully saturated rings. The highest BCUT2D eigenvalue weighted by Gasteiger charge is 2.15. The van der Waals surface area contributed by atoms with E-state index < -0.39 is 0 Å². The van der Waals surface area contributed by atoms with E-state index in [-0.39, 0.29) is 0 Å². The molecule has 0 radical (unpaired) electrons. The Morgan fingerprint density at radius 2 is 2.00 bits per heavy atom. The SMILES string of the molecule is C=CC1=C(C)C(N)=C(C)C/C1=C/C. The van der Waals surface area contributed by atoms with Crippen molar-refractivity contribution in [3.05, 3.63) is 46.7 Å². The van der Waals surface area contributed by atoms with Crippen LogP contribution in [0.3, 0.4) is 0 Å². The molecule has 0 bridgehead atoms. The summed E-state index contributed by atoms with van der Waals surface area (Å²) in [5.74, 6) is 0. The van der Waals surface area contributed by atoms with Gasteiger partial charge in [-0.3, -0.25) is 0 Å². The molecule has 0 spiro atoms. The lowest BCUT2D eigenvalue weighted by atomic mass is 9.87. The van der Waals surface area contributed by atoms with Crippen LogP contribution in [0.2, 0.25) is 0 Å². The summed E-state index contributed by atoms with van der Waals surface area (Å²) >= 11 is 0. The zero-order valence-electron chi connectivity index (χ0n) is 8.65. The van der Waals surface area contributed by atoms with E-state index in [9.17, 15) is 0 Å². The summed E-state index contributed by atoms with van der Waals surface area (Å²) in [5.41, 5.74) is 11.8. The van der Waals surface area contributed by atoms with Crippen molar-refractivity contribution in [3.63, 3.8) is 0 Å². The van der Waals surface area contributed by atoms with E-state index in [0.29, 0.717) is 0 Å². The van der Waals surface area contributed by atoms with Gasteiger partial charge in [0.05, 0.1) is 0 Å². The number of rotatable bonds is 1. The highest BCUT2D eigenvalue weighted by Crippen LogP contribution is 2.31. The molecule has 0 atom stereocenters. The molecule has 0 saturated heterocycles. The summed E-state index contributed by atoms with van der Waals surface area (Å²) in [5, 5.41) is 0. The van der Waals surface area contributed by atoms with Gasteiger partial charge in [-0.05, 0) is 49.5 Å². The summed E-state index contributed by atoms with van der Waals surface area (Å²) < 4.78 is 0. The van der Waals surface area contributed by atoms with Crippen LogP contribution in [-0.2, 0) is 0 Å². The Kier molecular flexibility index (Phi) is 2.76. The van der Waals surface area contributed by atoms with Gasteiger partial charge in [0.25, 0.3) is 0 Å². The molecule has 0 aromatic rings. The van der Waals surface area contributed by atoms with E-state index in [0.717, 1.165) is 17.7 Å². The third kappa shape index (κ3) is 1.59. The molecule has 0 unspecified atom stereocenters. The van der Waals surface area contributed by atoms with Gasteiger partial charge in [-0.15, -0.1) is 0 Å². The quantitative estimate of drug-likeness (QED) is 0.651. The molecule has 1 rings (SSSR count). The third-order valence-corrected chi connectivity index (χ3v) is 2.62. The van der Waals surface area contributed by atoms with Gasteiger partial charge < -0.3 is 5.73 Å². The zero-order valence-corrected chi connectivity index (χ0v) is 8.65. The molecule has 0 amide bonds. The van der Waals surface area contributed by atoms with Gasteiger partial charge in [-0.2, -0.15) is 0 Å². The molecular formula is C12H17N. The Morgan fingerprint density at radius 3 is 2.46 bits per heavy atom. The molecule has 1 heteroatoms. The number of hydrogen-bond acceptors (Lipinski definition) is 1. The van der Waals surface area contributed by atoms with Crippen molar-refractivity contribution in [3.8, 4) is 0 Å². The summed E-state index contributed by atoms with van der Waals surface area (Å²) in [6.07, 6.45) is 4.99. The van der Waals surface area contributed by atoms with E-state index in [1.807, 2.05) is 6.08 Å². The molecular weight excluding hydrogens is 158 g/mol. The van der Waals surface area contributed by atoms with Crippen molar-refractivity contribution < 1.29 is 0 Å². The molecule has 1 nitrogen and oxygen atoms in total. The lowest BCUT2D eigenvalue weighted by molar-refractivity contribution is 1.01. The Bertz CT molecular complexity index is 327. The molecule has 2 N–H and O–H groups in total. The van der Waals surface area contributed by atoms with Gasteiger partial charge in [-0.1, -0.05) is 18.7 Å². The molecule has 0 heterocycles. The van der Waals surface area contributed by atoms with Gasteiger partial charge >= 0.3 is 0 Å². The van der Waals surface area contributed by atoms with Crippen LogP contribution in [0.15, 0.2) is 46.7 Å².